The summed E-state index contributed by atoms with van der Waals surface area (Å²) in [7, 11) is 0. The standard InChI is InChI=1S/C20H17FN2O3/c1-2-26-18-10-8-14(12-17(18)21)20-15(9-11-19(24)25)13-23(22-20)16-6-4-3-5-7-16/h3-13H,2H2,1H3,(H,24,25). The molecule has 5 nitrogen and oxygen atoms in total. The molecule has 0 spiro atoms. The Labute approximate surface area is 150 Å². The Morgan fingerprint density at radius 3 is 2.69 bits per heavy atom. The summed E-state index contributed by atoms with van der Waals surface area (Å²) < 4.78 is 21.1. The summed E-state index contributed by atoms with van der Waals surface area (Å²) >= 11 is 0. The van der Waals surface area contributed by atoms with Crippen LogP contribution in [0.4, 0.5) is 4.39 Å². The lowest BCUT2D eigenvalue weighted by Gasteiger charge is -2.06. The SMILES string of the molecule is CCOc1ccc(-c2nn(-c3ccccc3)cc2C=CC(=O)O)cc1F. The van der Waals surface area contributed by atoms with Crippen LogP contribution < -0.4 is 4.74 Å². The first-order valence-electron chi connectivity index (χ1n) is 8.07. The number of ether oxygens (including phenoxy) is 1. The Morgan fingerprint density at radius 1 is 1.27 bits per heavy atom. The van der Waals surface area contributed by atoms with Gasteiger partial charge in [-0.25, -0.2) is 13.9 Å². The van der Waals surface area contributed by atoms with Gasteiger partial charge in [0, 0.05) is 23.4 Å². The lowest BCUT2D eigenvalue weighted by Crippen LogP contribution is -1.96. The van der Waals surface area contributed by atoms with E-state index in [1.807, 2.05) is 30.3 Å². The second-order valence-electron chi connectivity index (χ2n) is 5.46. The van der Waals surface area contributed by atoms with Crippen molar-refractivity contribution in [2.24, 2.45) is 0 Å². The second-order valence-corrected chi connectivity index (χ2v) is 5.46. The van der Waals surface area contributed by atoms with E-state index < -0.39 is 11.8 Å². The van der Waals surface area contributed by atoms with Crippen molar-refractivity contribution in [1.82, 2.24) is 9.78 Å². The molecule has 0 bridgehead atoms. The zero-order valence-corrected chi connectivity index (χ0v) is 14.1. The van der Waals surface area contributed by atoms with E-state index in [0.717, 1.165) is 11.8 Å². The number of aromatic nitrogens is 2. The molecule has 0 aliphatic carbocycles. The Bertz CT molecular complexity index is 949. The van der Waals surface area contributed by atoms with Gasteiger partial charge in [-0.1, -0.05) is 18.2 Å². The van der Waals surface area contributed by atoms with Gasteiger partial charge in [-0.05, 0) is 43.3 Å². The van der Waals surface area contributed by atoms with Crippen molar-refractivity contribution in [1.29, 1.82) is 0 Å². The van der Waals surface area contributed by atoms with Crippen molar-refractivity contribution in [2.45, 2.75) is 6.92 Å². The van der Waals surface area contributed by atoms with Gasteiger partial charge in [0.1, 0.15) is 5.69 Å². The van der Waals surface area contributed by atoms with Gasteiger partial charge in [0.15, 0.2) is 11.6 Å². The number of nitrogens with zero attached hydrogens (tertiary/aromatic N) is 2. The smallest absolute Gasteiger partial charge is 0.328 e. The fourth-order valence-electron chi connectivity index (χ4n) is 2.53. The number of para-hydroxylation sites is 1. The van der Waals surface area contributed by atoms with Crippen LogP contribution in [0.15, 0.2) is 60.8 Å². The van der Waals surface area contributed by atoms with Crippen LogP contribution in [0.3, 0.4) is 0 Å². The molecule has 0 aliphatic heterocycles. The highest BCUT2D eigenvalue weighted by atomic mass is 19.1. The Balaban J connectivity index is 2.08. The second kappa shape index (κ2) is 7.65. The fourth-order valence-corrected chi connectivity index (χ4v) is 2.53. The maximum atomic E-state index is 14.2. The summed E-state index contributed by atoms with van der Waals surface area (Å²) in [4.78, 5) is 10.9. The van der Waals surface area contributed by atoms with E-state index in [-0.39, 0.29) is 5.75 Å². The molecule has 0 atom stereocenters. The fraction of sp³-hybridized carbons (Fsp3) is 0.100. The molecule has 2 aromatic carbocycles. The first-order chi connectivity index (χ1) is 12.6. The molecule has 0 saturated heterocycles. The monoisotopic (exact) mass is 352 g/mol. The molecular weight excluding hydrogens is 335 g/mol. The number of carboxylic acids is 1. The van der Waals surface area contributed by atoms with Crippen LogP contribution >= 0.6 is 0 Å². The third-order valence-corrected chi connectivity index (χ3v) is 3.67. The highest BCUT2D eigenvalue weighted by Gasteiger charge is 2.13. The predicted molar refractivity (Wildman–Crippen MR) is 96.8 cm³/mol. The molecule has 1 aromatic heterocycles. The Kier molecular flexibility index (Phi) is 5.12. The van der Waals surface area contributed by atoms with Gasteiger partial charge in [-0.15, -0.1) is 0 Å². The Hall–Kier alpha value is -3.41. The summed E-state index contributed by atoms with van der Waals surface area (Å²) in [5, 5.41) is 13.4. The largest absolute Gasteiger partial charge is 0.491 e. The minimum atomic E-state index is -1.07. The molecule has 132 valence electrons. The van der Waals surface area contributed by atoms with Gasteiger partial charge in [0.05, 0.1) is 12.3 Å². The van der Waals surface area contributed by atoms with Crippen molar-refractivity contribution in [3.63, 3.8) is 0 Å². The van der Waals surface area contributed by atoms with Crippen LogP contribution in [-0.4, -0.2) is 27.5 Å². The molecule has 1 N–H and O–H groups in total. The van der Waals surface area contributed by atoms with Crippen molar-refractivity contribution in [3.8, 4) is 22.7 Å². The van der Waals surface area contributed by atoms with Crippen molar-refractivity contribution in [3.05, 3.63) is 72.2 Å². The number of rotatable bonds is 6. The normalized spacial score (nSPS) is 11.0. The van der Waals surface area contributed by atoms with Gasteiger partial charge < -0.3 is 9.84 Å². The number of halogens is 1. The van der Waals surface area contributed by atoms with Crippen molar-refractivity contribution < 1.29 is 19.0 Å². The van der Waals surface area contributed by atoms with E-state index >= 15 is 0 Å². The third-order valence-electron chi connectivity index (χ3n) is 3.67. The molecule has 0 amide bonds. The van der Waals surface area contributed by atoms with Gasteiger partial charge in [0.25, 0.3) is 0 Å². The highest BCUT2D eigenvalue weighted by Crippen LogP contribution is 2.28. The molecule has 1 heterocycles. The summed E-state index contributed by atoms with van der Waals surface area (Å²) in [6, 6.07) is 14.0. The zero-order valence-electron chi connectivity index (χ0n) is 14.1. The quantitative estimate of drug-likeness (QED) is 0.676. The number of benzene rings is 2. The molecule has 0 unspecified atom stereocenters. The number of hydrogen-bond donors (Lipinski definition) is 1. The van der Waals surface area contributed by atoms with E-state index in [1.54, 1.807) is 29.9 Å². The van der Waals surface area contributed by atoms with Crippen LogP contribution in [0.25, 0.3) is 23.0 Å². The summed E-state index contributed by atoms with van der Waals surface area (Å²) in [5.74, 6) is -1.39. The van der Waals surface area contributed by atoms with Crippen LogP contribution in [-0.2, 0) is 4.79 Å². The molecule has 0 aliphatic rings. The third kappa shape index (κ3) is 3.80. The molecular formula is C20H17FN2O3. The van der Waals surface area contributed by atoms with E-state index in [0.29, 0.717) is 23.4 Å². The minimum Gasteiger partial charge on any atom is -0.491 e. The van der Waals surface area contributed by atoms with E-state index in [2.05, 4.69) is 5.10 Å². The molecule has 3 aromatic rings. The number of aliphatic carboxylic acids is 1. The van der Waals surface area contributed by atoms with Gasteiger partial charge in [0.2, 0.25) is 0 Å². The average Bonchev–Trinajstić information content (AvgIpc) is 3.07. The van der Waals surface area contributed by atoms with Crippen LogP contribution in [0.2, 0.25) is 0 Å². The number of carbonyl (C=O) groups is 1. The summed E-state index contributed by atoms with van der Waals surface area (Å²) in [6.45, 7) is 2.15. The molecule has 3 rings (SSSR count). The van der Waals surface area contributed by atoms with Crippen LogP contribution in [0.5, 0.6) is 5.75 Å². The first-order valence-corrected chi connectivity index (χ1v) is 8.07. The van der Waals surface area contributed by atoms with Crippen LogP contribution in [0, 0.1) is 5.82 Å². The maximum absolute atomic E-state index is 14.2. The van der Waals surface area contributed by atoms with Gasteiger partial charge in [-0.3, -0.25) is 0 Å². The molecule has 26 heavy (non-hydrogen) atoms. The molecule has 0 fully saturated rings. The molecule has 0 saturated carbocycles. The number of hydrogen-bond acceptors (Lipinski definition) is 3. The highest BCUT2D eigenvalue weighted by molar-refractivity contribution is 5.87. The topological polar surface area (TPSA) is 64.4 Å². The predicted octanol–water partition coefficient (Wildman–Crippen LogP) is 4.17. The zero-order chi connectivity index (χ0) is 18.5. The minimum absolute atomic E-state index is 0.168. The van der Waals surface area contributed by atoms with Crippen molar-refractivity contribution in [2.75, 3.05) is 6.61 Å². The summed E-state index contributed by atoms with van der Waals surface area (Å²) in [6.07, 6.45) is 4.18. The Morgan fingerprint density at radius 2 is 2.04 bits per heavy atom. The average molecular weight is 352 g/mol. The number of carboxylic acid groups (broad SMARTS) is 1. The molecule has 6 heteroatoms. The van der Waals surface area contributed by atoms with Crippen molar-refractivity contribution >= 4 is 12.0 Å². The molecule has 0 radical (unpaired) electrons. The van der Waals surface area contributed by atoms with Crippen LogP contribution in [0.1, 0.15) is 12.5 Å². The lowest BCUT2D eigenvalue weighted by molar-refractivity contribution is -0.131. The van der Waals surface area contributed by atoms with Gasteiger partial charge in [-0.2, -0.15) is 5.10 Å². The van der Waals surface area contributed by atoms with E-state index in [1.165, 1.54) is 12.1 Å². The first kappa shape index (κ1) is 17.4. The lowest BCUT2D eigenvalue weighted by atomic mass is 10.1. The summed E-state index contributed by atoms with van der Waals surface area (Å²) in [5.41, 5.74) is 2.40. The van der Waals surface area contributed by atoms with E-state index in [4.69, 9.17) is 9.84 Å². The van der Waals surface area contributed by atoms with Gasteiger partial charge >= 0.3 is 5.97 Å². The van der Waals surface area contributed by atoms with E-state index in [9.17, 15) is 9.18 Å². The maximum Gasteiger partial charge on any atom is 0.328 e.